The molecule has 0 aliphatic rings. The van der Waals surface area contributed by atoms with Crippen molar-refractivity contribution in [3.8, 4) is 0 Å². The second-order valence-electron chi connectivity index (χ2n) is 3.50. The summed E-state index contributed by atoms with van der Waals surface area (Å²) in [6, 6.07) is 7.60. The van der Waals surface area contributed by atoms with Crippen LogP contribution in [0.1, 0.15) is 16.5 Å². The molecule has 1 aromatic carbocycles. The molecule has 0 aliphatic carbocycles. The molecule has 0 aliphatic heterocycles. The molecule has 0 saturated carbocycles. The van der Waals surface area contributed by atoms with E-state index in [4.69, 9.17) is 0 Å². The van der Waals surface area contributed by atoms with Gasteiger partial charge < -0.3 is 5.11 Å². The number of benzene rings is 1. The van der Waals surface area contributed by atoms with Gasteiger partial charge >= 0.3 is 5.97 Å². The molecule has 0 amide bonds. The standard InChI is InChI=1S/C11H9BrN2O2S/c12-8-3-1-7(2-4-8)5-9(11(15)16)10-14-13-6-17-10/h1-4,6,9H,5H2,(H,15,16). The van der Waals surface area contributed by atoms with Gasteiger partial charge in [0.05, 0.1) is 0 Å². The van der Waals surface area contributed by atoms with Crippen LogP contribution in [-0.4, -0.2) is 21.3 Å². The van der Waals surface area contributed by atoms with Gasteiger partial charge in [0, 0.05) is 4.47 Å². The number of nitrogens with zero attached hydrogens (tertiary/aromatic N) is 2. The van der Waals surface area contributed by atoms with Gasteiger partial charge in [0.25, 0.3) is 0 Å². The smallest absolute Gasteiger partial charge is 0.313 e. The number of hydrogen-bond acceptors (Lipinski definition) is 4. The Morgan fingerprint density at radius 3 is 2.65 bits per heavy atom. The van der Waals surface area contributed by atoms with Crippen molar-refractivity contribution < 1.29 is 9.90 Å². The highest BCUT2D eigenvalue weighted by Gasteiger charge is 2.23. The van der Waals surface area contributed by atoms with Gasteiger partial charge in [-0.3, -0.25) is 4.79 Å². The van der Waals surface area contributed by atoms with Gasteiger partial charge in [-0.25, -0.2) is 0 Å². The van der Waals surface area contributed by atoms with Crippen molar-refractivity contribution >= 4 is 33.2 Å². The first-order valence-corrected chi connectivity index (χ1v) is 6.57. The Morgan fingerprint density at radius 2 is 2.12 bits per heavy atom. The van der Waals surface area contributed by atoms with Crippen molar-refractivity contribution in [2.24, 2.45) is 0 Å². The molecule has 1 heterocycles. The summed E-state index contributed by atoms with van der Waals surface area (Å²) in [4.78, 5) is 11.2. The predicted molar refractivity (Wildman–Crippen MR) is 68.1 cm³/mol. The maximum atomic E-state index is 11.2. The molecule has 0 spiro atoms. The molecule has 1 unspecified atom stereocenters. The maximum absolute atomic E-state index is 11.2. The second kappa shape index (κ2) is 5.37. The number of carboxylic acids is 1. The van der Waals surface area contributed by atoms with Gasteiger partial charge in [-0.2, -0.15) is 0 Å². The first-order chi connectivity index (χ1) is 8.16. The molecule has 0 fully saturated rings. The minimum Gasteiger partial charge on any atom is -0.481 e. The lowest BCUT2D eigenvalue weighted by Gasteiger charge is -2.08. The van der Waals surface area contributed by atoms with Crippen molar-refractivity contribution in [2.75, 3.05) is 0 Å². The first kappa shape index (κ1) is 12.2. The summed E-state index contributed by atoms with van der Waals surface area (Å²) in [6.07, 6.45) is 0.428. The Labute approximate surface area is 110 Å². The highest BCUT2D eigenvalue weighted by molar-refractivity contribution is 9.10. The topological polar surface area (TPSA) is 63.1 Å². The lowest BCUT2D eigenvalue weighted by Crippen LogP contribution is -2.14. The Bertz CT molecular complexity index is 499. The van der Waals surface area contributed by atoms with E-state index in [-0.39, 0.29) is 0 Å². The highest BCUT2D eigenvalue weighted by atomic mass is 79.9. The number of aromatic nitrogens is 2. The van der Waals surface area contributed by atoms with Gasteiger partial charge in [-0.1, -0.05) is 28.1 Å². The van der Waals surface area contributed by atoms with Crippen LogP contribution in [0.2, 0.25) is 0 Å². The summed E-state index contributed by atoms with van der Waals surface area (Å²) in [5.41, 5.74) is 2.52. The minimum absolute atomic E-state index is 0.428. The summed E-state index contributed by atoms with van der Waals surface area (Å²) in [7, 11) is 0. The molecule has 0 bridgehead atoms. The fourth-order valence-corrected chi connectivity index (χ4v) is 2.38. The molecular weight excluding hydrogens is 304 g/mol. The average molecular weight is 313 g/mol. The SMILES string of the molecule is O=C(O)C(Cc1ccc(Br)cc1)c1nncs1. The van der Waals surface area contributed by atoms with Crippen LogP contribution in [0.15, 0.2) is 34.2 Å². The number of hydrogen-bond donors (Lipinski definition) is 1. The van der Waals surface area contributed by atoms with E-state index in [1.165, 1.54) is 11.3 Å². The van der Waals surface area contributed by atoms with Gasteiger partial charge in [-0.05, 0) is 24.1 Å². The zero-order chi connectivity index (χ0) is 12.3. The average Bonchev–Trinajstić information content (AvgIpc) is 2.81. The van der Waals surface area contributed by atoms with Crippen molar-refractivity contribution in [3.63, 3.8) is 0 Å². The second-order valence-corrected chi connectivity index (χ2v) is 5.28. The fourth-order valence-electron chi connectivity index (χ4n) is 1.47. The molecular formula is C11H9BrN2O2S. The van der Waals surface area contributed by atoms with E-state index < -0.39 is 11.9 Å². The molecule has 1 N–H and O–H groups in total. The van der Waals surface area contributed by atoms with E-state index in [1.807, 2.05) is 24.3 Å². The third kappa shape index (κ3) is 3.10. The molecule has 2 aromatic rings. The molecule has 0 radical (unpaired) electrons. The lowest BCUT2D eigenvalue weighted by molar-refractivity contribution is -0.138. The zero-order valence-corrected chi connectivity index (χ0v) is 11.1. The van der Waals surface area contributed by atoms with E-state index >= 15 is 0 Å². The van der Waals surface area contributed by atoms with Gasteiger partial charge in [-0.15, -0.1) is 21.5 Å². The monoisotopic (exact) mass is 312 g/mol. The van der Waals surface area contributed by atoms with Gasteiger partial charge in [0.1, 0.15) is 16.4 Å². The molecule has 17 heavy (non-hydrogen) atoms. The largest absolute Gasteiger partial charge is 0.481 e. The lowest BCUT2D eigenvalue weighted by atomic mass is 10.0. The van der Waals surface area contributed by atoms with Crippen LogP contribution in [0.5, 0.6) is 0 Å². The number of aliphatic carboxylic acids is 1. The molecule has 1 aromatic heterocycles. The zero-order valence-electron chi connectivity index (χ0n) is 8.71. The summed E-state index contributed by atoms with van der Waals surface area (Å²) in [5.74, 6) is -1.49. The van der Waals surface area contributed by atoms with Crippen molar-refractivity contribution in [1.82, 2.24) is 10.2 Å². The quantitative estimate of drug-likeness (QED) is 0.942. The normalized spacial score (nSPS) is 12.3. The third-order valence-electron chi connectivity index (χ3n) is 2.33. The Morgan fingerprint density at radius 1 is 1.41 bits per heavy atom. The molecule has 2 rings (SSSR count). The van der Waals surface area contributed by atoms with E-state index in [2.05, 4.69) is 26.1 Å². The third-order valence-corrected chi connectivity index (χ3v) is 3.66. The summed E-state index contributed by atoms with van der Waals surface area (Å²) in [6.45, 7) is 0. The van der Waals surface area contributed by atoms with E-state index in [0.717, 1.165) is 10.0 Å². The van der Waals surface area contributed by atoms with Crippen LogP contribution in [-0.2, 0) is 11.2 Å². The number of halogens is 1. The maximum Gasteiger partial charge on any atom is 0.313 e. The number of rotatable bonds is 4. The van der Waals surface area contributed by atoms with Crippen molar-refractivity contribution in [3.05, 3.63) is 44.8 Å². The molecule has 1 atom stereocenters. The van der Waals surface area contributed by atoms with Crippen LogP contribution in [0.25, 0.3) is 0 Å². The number of carboxylic acid groups (broad SMARTS) is 1. The predicted octanol–water partition coefficient (Wildman–Crippen LogP) is 2.71. The van der Waals surface area contributed by atoms with Crippen LogP contribution >= 0.6 is 27.3 Å². The summed E-state index contributed by atoms with van der Waals surface area (Å²) >= 11 is 4.61. The molecule has 4 nitrogen and oxygen atoms in total. The molecule has 6 heteroatoms. The Kier molecular flexibility index (Phi) is 3.86. The Hall–Kier alpha value is -1.27. The van der Waals surface area contributed by atoms with Crippen LogP contribution in [0, 0.1) is 0 Å². The van der Waals surface area contributed by atoms with Gasteiger partial charge in [0.15, 0.2) is 0 Å². The van der Waals surface area contributed by atoms with Gasteiger partial charge in [0.2, 0.25) is 0 Å². The minimum atomic E-state index is -0.871. The fraction of sp³-hybridized carbons (Fsp3) is 0.182. The first-order valence-electron chi connectivity index (χ1n) is 4.90. The van der Waals surface area contributed by atoms with Crippen molar-refractivity contribution in [1.29, 1.82) is 0 Å². The van der Waals surface area contributed by atoms with Crippen LogP contribution < -0.4 is 0 Å². The van der Waals surface area contributed by atoms with Crippen LogP contribution in [0.4, 0.5) is 0 Å². The van der Waals surface area contributed by atoms with E-state index in [9.17, 15) is 9.90 Å². The van der Waals surface area contributed by atoms with Crippen molar-refractivity contribution in [2.45, 2.75) is 12.3 Å². The summed E-state index contributed by atoms with van der Waals surface area (Å²) in [5, 5.41) is 17.2. The summed E-state index contributed by atoms with van der Waals surface area (Å²) < 4.78 is 0.976. The van der Waals surface area contributed by atoms with Crippen LogP contribution in [0.3, 0.4) is 0 Å². The van der Waals surface area contributed by atoms with E-state index in [1.54, 1.807) is 5.51 Å². The number of carbonyl (C=O) groups is 1. The molecule has 0 saturated heterocycles. The Balaban J connectivity index is 2.19. The van der Waals surface area contributed by atoms with E-state index in [0.29, 0.717) is 11.4 Å². The molecule has 88 valence electrons. The highest BCUT2D eigenvalue weighted by Crippen LogP contribution is 2.23.